The van der Waals surface area contributed by atoms with Crippen LogP contribution in [-0.2, 0) is 6.18 Å². The molecule has 0 aliphatic carbocycles. The van der Waals surface area contributed by atoms with E-state index >= 15 is 0 Å². The molecule has 3 aromatic rings. The van der Waals surface area contributed by atoms with Crippen LogP contribution < -0.4 is 0 Å². The number of aryl methyl sites for hydroxylation is 1. The normalized spacial score (nSPS) is 12.0. The van der Waals surface area contributed by atoms with Crippen LogP contribution in [-0.4, -0.2) is 9.38 Å². The van der Waals surface area contributed by atoms with Gasteiger partial charge < -0.3 is 4.40 Å². The first kappa shape index (κ1) is 12.7. The molecule has 2 aromatic heterocycles. The van der Waals surface area contributed by atoms with E-state index < -0.39 is 11.7 Å². The summed E-state index contributed by atoms with van der Waals surface area (Å²) in [5.41, 5.74) is 1.35. The molecule has 0 amide bonds. The molecule has 0 atom stereocenters. The molecule has 20 heavy (non-hydrogen) atoms. The molecule has 0 aliphatic rings. The lowest BCUT2D eigenvalue weighted by molar-refractivity contribution is -0.137. The third kappa shape index (κ3) is 2.05. The summed E-state index contributed by atoms with van der Waals surface area (Å²) in [5.74, 6) is 0. The van der Waals surface area contributed by atoms with Gasteiger partial charge in [-0.3, -0.25) is 0 Å². The van der Waals surface area contributed by atoms with Crippen molar-refractivity contribution in [2.45, 2.75) is 13.1 Å². The van der Waals surface area contributed by atoms with Crippen LogP contribution in [0.3, 0.4) is 0 Å². The maximum Gasteiger partial charge on any atom is 0.417 e. The summed E-state index contributed by atoms with van der Waals surface area (Å²) in [4.78, 5) is 4.32. The first-order valence-corrected chi connectivity index (χ1v) is 6.08. The Morgan fingerprint density at radius 2 is 1.80 bits per heavy atom. The Morgan fingerprint density at radius 1 is 1.05 bits per heavy atom. The van der Waals surface area contributed by atoms with E-state index in [-0.39, 0.29) is 5.56 Å². The van der Waals surface area contributed by atoms with Gasteiger partial charge in [0.2, 0.25) is 0 Å². The number of hydrogen-bond acceptors (Lipinski definition) is 1. The van der Waals surface area contributed by atoms with E-state index in [9.17, 15) is 13.2 Å². The van der Waals surface area contributed by atoms with Gasteiger partial charge in [-0.25, -0.2) is 4.98 Å². The van der Waals surface area contributed by atoms with Crippen LogP contribution in [0.15, 0.2) is 48.8 Å². The fourth-order valence-electron chi connectivity index (χ4n) is 2.24. The van der Waals surface area contributed by atoms with Gasteiger partial charge in [0.15, 0.2) is 0 Å². The zero-order valence-electron chi connectivity index (χ0n) is 10.6. The van der Waals surface area contributed by atoms with Crippen LogP contribution >= 0.6 is 0 Å². The summed E-state index contributed by atoms with van der Waals surface area (Å²) >= 11 is 0. The Hall–Kier alpha value is -2.30. The Labute approximate surface area is 113 Å². The number of nitrogens with zero attached hydrogens (tertiary/aromatic N) is 2. The molecule has 0 unspecified atom stereocenters. The Kier molecular flexibility index (Phi) is 2.78. The van der Waals surface area contributed by atoms with Crippen molar-refractivity contribution in [2.24, 2.45) is 0 Å². The first-order chi connectivity index (χ1) is 9.47. The number of benzene rings is 1. The fourth-order valence-corrected chi connectivity index (χ4v) is 2.24. The van der Waals surface area contributed by atoms with Crippen LogP contribution in [0, 0.1) is 6.92 Å². The summed E-state index contributed by atoms with van der Waals surface area (Å²) in [6.07, 6.45) is -0.997. The standard InChI is InChI=1S/C15H11F3N2/c1-10-5-4-8-20-9-13(19-14(10)20)11-6-2-3-7-12(11)15(16,17)18/h2-9H,1H3. The largest absolute Gasteiger partial charge is 0.417 e. The second-order valence-corrected chi connectivity index (χ2v) is 4.59. The van der Waals surface area contributed by atoms with Gasteiger partial charge in [-0.05, 0) is 24.6 Å². The Morgan fingerprint density at radius 3 is 2.50 bits per heavy atom. The highest BCUT2D eigenvalue weighted by Crippen LogP contribution is 2.36. The molecule has 2 nitrogen and oxygen atoms in total. The third-order valence-electron chi connectivity index (χ3n) is 3.19. The Balaban J connectivity index is 2.24. The van der Waals surface area contributed by atoms with Crippen LogP contribution in [0.2, 0.25) is 0 Å². The lowest BCUT2D eigenvalue weighted by Gasteiger charge is -2.10. The summed E-state index contributed by atoms with van der Waals surface area (Å²) in [5, 5.41) is 0. The highest BCUT2D eigenvalue weighted by molar-refractivity contribution is 5.67. The highest BCUT2D eigenvalue weighted by atomic mass is 19.4. The van der Waals surface area contributed by atoms with Crippen molar-refractivity contribution in [2.75, 3.05) is 0 Å². The van der Waals surface area contributed by atoms with E-state index in [1.165, 1.54) is 12.1 Å². The number of rotatable bonds is 1. The fraction of sp³-hybridized carbons (Fsp3) is 0.133. The smallest absolute Gasteiger partial charge is 0.306 e. The van der Waals surface area contributed by atoms with E-state index in [4.69, 9.17) is 0 Å². The zero-order chi connectivity index (χ0) is 14.3. The van der Waals surface area contributed by atoms with Gasteiger partial charge in [-0.2, -0.15) is 13.2 Å². The first-order valence-electron chi connectivity index (χ1n) is 6.08. The van der Waals surface area contributed by atoms with Crippen molar-refractivity contribution in [1.82, 2.24) is 9.38 Å². The summed E-state index contributed by atoms with van der Waals surface area (Å²) in [6.45, 7) is 1.88. The molecule has 1 aromatic carbocycles. The average Bonchev–Trinajstić information content (AvgIpc) is 2.83. The highest BCUT2D eigenvalue weighted by Gasteiger charge is 2.33. The quantitative estimate of drug-likeness (QED) is 0.646. The lowest BCUT2D eigenvalue weighted by atomic mass is 10.1. The average molecular weight is 276 g/mol. The van der Waals surface area contributed by atoms with Gasteiger partial charge in [0.05, 0.1) is 11.3 Å². The lowest BCUT2D eigenvalue weighted by Crippen LogP contribution is -2.06. The van der Waals surface area contributed by atoms with E-state index in [0.29, 0.717) is 11.3 Å². The molecule has 0 saturated carbocycles. The number of alkyl halides is 3. The minimum atomic E-state index is -4.39. The number of halogens is 3. The van der Waals surface area contributed by atoms with E-state index in [2.05, 4.69) is 4.98 Å². The predicted octanol–water partition coefficient (Wildman–Crippen LogP) is 4.33. The van der Waals surface area contributed by atoms with Crippen molar-refractivity contribution in [1.29, 1.82) is 0 Å². The maximum atomic E-state index is 13.0. The van der Waals surface area contributed by atoms with Crippen LogP contribution in [0.1, 0.15) is 11.1 Å². The van der Waals surface area contributed by atoms with Crippen molar-refractivity contribution >= 4 is 5.65 Å². The van der Waals surface area contributed by atoms with E-state index in [0.717, 1.165) is 11.6 Å². The summed E-state index contributed by atoms with van der Waals surface area (Å²) < 4.78 is 40.8. The van der Waals surface area contributed by atoms with Gasteiger partial charge in [-0.1, -0.05) is 24.3 Å². The molecule has 5 heteroatoms. The van der Waals surface area contributed by atoms with Crippen LogP contribution in [0.25, 0.3) is 16.9 Å². The molecule has 3 rings (SSSR count). The van der Waals surface area contributed by atoms with Gasteiger partial charge in [0.1, 0.15) is 5.65 Å². The molecule has 102 valence electrons. The van der Waals surface area contributed by atoms with Crippen LogP contribution in [0.5, 0.6) is 0 Å². The molecular formula is C15H11F3N2. The summed E-state index contributed by atoms with van der Waals surface area (Å²) in [6, 6.07) is 9.20. The van der Waals surface area contributed by atoms with Crippen molar-refractivity contribution in [3.05, 3.63) is 59.9 Å². The van der Waals surface area contributed by atoms with E-state index in [1.54, 1.807) is 22.9 Å². The number of hydrogen-bond donors (Lipinski definition) is 0. The van der Waals surface area contributed by atoms with Crippen molar-refractivity contribution in [3.8, 4) is 11.3 Å². The van der Waals surface area contributed by atoms with Crippen LogP contribution in [0.4, 0.5) is 13.2 Å². The predicted molar refractivity (Wildman–Crippen MR) is 70.4 cm³/mol. The van der Waals surface area contributed by atoms with Gasteiger partial charge in [0.25, 0.3) is 0 Å². The third-order valence-corrected chi connectivity index (χ3v) is 3.19. The SMILES string of the molecule is Cc1cccn2cc(-c3ccccc3C(F)(F)F)nc12. The maximum absolute atomic E-state index is 13.0. The summed E-state index contributed by atoms with van der Waals surface area (Å²) in [7, 11) is 0. The molecule has 0 N–H and O–H groups in total. The monoisotopic (exact) mass is 276 g/mol. The second-order valence-electron chi connectivity index (χ2n) is 4.59. The number of imidazole rings is 1. The van der Waals surface area contributed by atoms with Gasteiger partial charge in [0, 0.05) is 18.0 Å². The zero-order valence-corrected chi connectivity index (χ0v) is 10.6. The molecule has 0 saturated heterocycles. The van der Waals surface area contributed by atoms with Gasteiger partial charge in [-0.15, -0.1) is 0 Å². The Bertz CT molecular complexity index is 772. The van der Waals surface area contributed by atoms with Crippen molar-refractivity contribution in [3.63, 3.8) is 0 Å². The minimum Gasteiger partial charge on any atom is -0.306 e. The van der Waals surface area contributed by atoms with E-state index in [1.807, 2.05) is 19.1 Å². The van der Waals surface area contributed by atoms with Crippen molar-refractivity contribution < 1.29 is 13.2 Å². The topological polar surface area (TPSA) is 17.3 Å². The molecule has 0 fully saturated rings. The number of aromatic nitrogens is 2. The number of fused-ring (bicyclic) bond motifs is 1. The molecule has 0 radical (unpaired) electrons. The molecular weight excluding hydrogens is 265 g/mol. The van der Waals surface area contributed by atoms with Gasteiger partial charge >= 0.3 is 6.18 Å². The molecule has 0 bridgehead atoms. The number of pyridine rings is 1. The molecule has 0 aliphatic heterocycles. The second kappa shape index (κ2) is 4.37. The minimum absolute atomic E-state index is 0.100. The molecule has 2 heterocycles. The molecule has 0 spiro atoms.